The summed E-state index contributed by atoms with van der Waals surface area (Å²) in [4.78, 5) is 15.6. The van der Waals surface area contributed by atoms with Crippen LogP contribution in [-0.4, -0.2) is 39.6 Å². The quantitative estimate of drug-likeness (QED) is 0.585. The lowest BCUT2D eigenvalue weighted by atomic mass is 10.2. The Morgan fingerprint density at radius 1 is 1.55 bits per heavy atom. The van der Waals surface area contributed by atoms with Crippen molar-refractivity contribution in [2.75, 3.05) is 24.7 Å². The molecule has 2 heterocycles. The third kappa shape index (κ3) is 3.44. The highest BCUT2D eigenvalue weighted by atomic mass is 16.5. The van der Waals surface area contributed by atoms with Crippen LogP contribution in [0.1, 0.15) is 16.8 Å². The summed E-state index contributed by atoms with van der Waals surface area (Å²) in [6.45, 7) is 1.45. The minimum absolute atomic E-state index is 0.296. The molecule has 0 unspecified atom stereocenters. The molecule has 8 heteroatoms. The Bertz CT molecular complexity index is 569. The molecule has 0 saturated carbocycles. The van der Waals surface area contributed by atoms with Crippen LogP contribution in [0.15, 0.2) is 24.7 Å². The average Bonchev–Trinajstić information content (AvgIpc) is 2.97. The third-order valence-electron chi connectivity index (χ3n) is 2.68. The highest BCUT2D eigenvalue weighted by Gasteiger charge is 2.11. The van der Waals surface area contributed by atoms with Crippen LogP contribution in [0.25, 0.3) is 0 Å². The number of hydrogen-bond donors (Lipinski definition) is 2. The molecule has 0 amide bonds. The van der Waals surface area contributed by atoms with Crippen LogP contribution in [-0.2, 0) is 11.3 Å². The molecule has 2 rings (SSSR count). The summed E-state index contributed by atoms with van der Waals surface area (Å²) in [6.07, 6.45) is 5.73. The van der Waals surface area contributed by atoms with Crippen molar-refractivity contribution < 1.29 is 9.53 Å². The van der Waals surface area contributed by atoms with E-state index >= 15 is 0 Å². The molecular formula is C12H16N6O2. The second-order valence-electron chi connectivity index (χ2n) is 4.09. The topological polar surface area (TPSA) is 108 Å². The number of carbonyl (C=O) groups is 1. The number of rotatable bonds is 6. The Kier molecular flexibility index (Phi) is 4.48. The molecule has 2 aromatic rings. The fourth-order valence-corrected chi connectivity index (χ4v) is 1.66. The van der Waals surface area contributed by atoms with Crippen LogP contribution in [0.2, 0.25) is 0 Å². The van der Waals surface area contributed by atoms with Crippen LogP contribution in [0, 0.1) is 0 Å². The number of carbonyl (C=O) groups excluding carboxylic acids is 1. The van der Waals surface area contributed by atoms with Gasteiger partial charge in [0.2, 0.25) is 0 Å². The fraction of sp³-hybridized carbons (Fsp3) is 0.333. The van der Waals surface area contributed by atoms with Gasteiger partial charge in [0, 0.05) is 19.3 Å². The first kappa shape index (κ1) is 13.8. The van der Waals surface area contributed by atoms with Crippen molar-refractivity contribution in [3.05, 3.63) is 30.2 Å². The maximum absolute atomic E-state index is 11.5. The zero-order chi connectivity index (χ0) is 14.4. The zero-order valence-corrected chi connectivity index (χ0v) is 11.1. The normalized spacial score (nSPS) is 10.2. The number of nitrogens with one attached hydrogen (secondary N) is 1. The second kappa shape index (κ2) is 6.50. The van der Waals surface area contributed by atoms with E-state index in [1.807, 2.05) is 0 Å². The number of aromatic nitrogens is 4. The number of methoxy groups -OCH3 is 1. The van der Waals surface area contributed by atoms with Crippen LogP contribution in [0.3, 0.4) is 0 Å². The van der Waals surface area contributed by atoms with Crippen LogP contribution in [0.4, 0.5) is 11.5 Å². The number of esters is 1. The molecule has 0 aromatic carbocycles. The zero-order valence-electron chi connectivity index (χ0n) is 11.1. The van der Waals surface area contributed by atoms with Gasteiger partial charge in [-0.25, -0.2) is 9.78 Å². The average molecular weight is 276 g/mol. The van der Waals surface area contributed by atoms with Gasteiger partial charge in [0.05, 0.1) is 30.8 Å². The van der Waals surface area contributed by atoms with Gasteiger partial charge in [0.25, 0.3) is 0 Å². The molecule has 0 saturated heterocycles. The van der Waals surface area contributed by atoms with Crippen molar-refractivity contribution in [1.82, 2.24) is 20.0 Å². The number of anilines is 2. The summed E-state index contributed by atoms with van der Waals surface area (Å²) >= 11 is 0. The van der Waals surface area contributed by atoms with Gasteiger partial charge in [0.1, 0.15) is 5.82 Å². The van der Waals surface area contributed by atoms with Crippen molar-refractivity contribution in [2.24, 2.45) is 0 Å². The predicted octanol–water partition coefficient (Wildman–Crippen LogP) is 0.544. The molecule has 0 bridgehead atoms. The van der Waals surface area contributed by atoms with Gasteiger partial charge in [-0.1, -0.05) is 5.21 Å². The minimum Gasteiger partial charge on any atom is -0.465 e. The van der Waals surface area contributed by atoms with E-state index in [1.54, 1.807) is 23.1 Å². The Morgan fingerprint density at radius 3 is 3.10 bits per heavy atom. The Balaban J connectivity index is 1.88. The van der Waals surface area contributed by atoms with E-state index in [0.717, 1.165) is 13.0 Å². The van der Waals surface area contributed by atoms with Crippen molar-refractivity contribution in [1.29, 1.82) is 0 Å². The van der Waals surface area contributed by atoms with Gasteiger partial charge in [-0.15, -0.1) is 5.10 Å². The first-order valence-corrected chi connectivity index (χ1v) is 6.12. The molecule has 0 radical (unpaired) electrons. The lowest BCUT2D eigenvalue weighted by Gasteiger charge is -2.08. The molecule has 0 fully saturated rings. The van der Waals surface area contributed by atoms with E-state index in [9.17, 15) is 4.79 Å². The fourth-order valence-electron chi connectivity index (χ4n) is 1.66. The van der Waals surface area contributed by atoms with E-state index < -0.39 is 5.97 Å². The molecule has 2 aromatic heterocycles. The summed E-state index contributed by atoms with van der Waals surface area (Å²) in [5.41, 5.74) is 6.28. The van der Waals surface area contributed by atoms with Gasteiger partial charge < -0.3 is 15.8 Å². The van der Waals surface area contributed by atoms with Crippen LogP contribution >= 0.6 is 0 Å². The number of aryl methyl sites for hydroxylation is 1. The highest BCUT2D eigenvalue weighted by molar-refractivity contribution is 5.95. The molecule has 106 valence electrons. The lowest BCUT2D eigenvalue weighted by Crippen LogP contribution is -2.11. The smallest absolute Gasteiger partial charge is 0.340 e. The van der Waals surface area contributed by atoms with Crippen LogP contribution in [0.5, 0.6) is 0 Å². The van der Waals surface area contributed by atoms with E-state index in [-0.39, 0.29) is 0 Å². The van der Waals surface area contributed by atoms with Gasteiger partial charge in [-0.05, 0) is 12.5 Å². The number of hydrogen-bond acceptors (Lipinski definition) is 7. The van der Waals surface area contributed by atoms with Gasteiger partial charge in [-0.3, -0.25) is 4.68 Å². The molecule has 3 N–H and O–H groups in total. The van der Waals surface area contributed by atoms with Gasteiger partial charge >= 0.3 is 5.97 Å². The standard InChI is InChI=1S/C12H16N6O2/c1-20-12(19)9-7-11(15-8-10(9)13)14-3-2-5-18-6-4-16-17-18/h4,6-8H,2-3,5,13H2,1H3,(H,14,15). The summed E-state index contributed by atoms with van der Waals surface area (Å²) in [5.74, 6) is 0.105. The Morgan fingerprint density at radius 2 is 2.40 bits per heavy atom. The van der Waals surface area contributed by atoms with E-state index in [0.29, 0.717) is 23.6 Å². The first-order valence-electron chi connectivity index (χ1n) is 6.12. The van der Waals surface area contributed by atoms with Crippen molar-refractivity contribution in [2.45, 2.75) is 13.0 Å². The number of nitrogen functional groups attached to an aromatic ring is 1. The second-order valence-corrected chi connectivity index (χ2v) is 4.09. The maximum Gasteiger partial charge on any atom is 0.340 e. The van der Waals surface area contributed by atoms with Crippen molar-refractivity contribution in [3.8, 4) is 0 Å². The summed E-state index contributed by atoms with van der Waals surface area (Å²) in [6, 6.07) is 1.58. The summed E-state index contributed by atoms with van der Waals surface area (Å²) in [7, 11) is 1.31. The molecule has 0 aliphatic heterocycles. The summed E-state index contributed by atoms with van der Waals surface area (Å²) in [5, 5.41) is 10.7. The Labute approximate surface area is 115 Å². The molecule has 20 heavy (non-hydrogen) atoms. The molecule has 0 spiro atoms. The number of nitrogens with zero attached hydrogens (tertiary/aromatic N) is 4. The SMILES string of the molecule is COC(=O)c1cc(NCCCn2ccnn2)ncc1N. The van der Waals surface area contributed by atoms with Gasteiger partial charge in [0.15, 0.2) is 0 Å². The Hall–Kier alpha value is -2.64. The summed E-state index contributed by atoms with van der Waals surface area (Å²) < 4.78 is 6.40. The molecule has 0 aliphatic carbocycles. The maximum atomic E-state index is 11.5. The lowest BCUT2D eigenvalue weighted by molar-refractivity contribution is 0.0602. The van der Waals surface area contributed by atoms with Crippen molar-refractivity contribution >= 4 is 17.5 Å². The van der Waals surface area contributed by atoms with E-state index in [4.69, 9.17) is 5.73 Å². The molecule has 0 aliphatic rings. The number of pyridine rings is 1. The monoisotopic (exact) mass is 276 g/mol. The minimum atomic E-state index is -0.476. The van der Waals surface area contributed by atoms with E-state index in [1.165, 1.54) is 13.3 Å². The largest absolute Gasteiger partial charge is 0.465 e. The first-order chi connectivity index (χ1) is 9.70. The number of nitrogens with two attached hydrogens (primary N) is 1. The predicted molar refractivity (Wildman–Crippen MR) is 73.1 cm³/mol. The molecular weight excluding hydrogens is 260 g/mol. The van der Waals surface area contributed by atoms with Gasteiger partial charge in [-0.2, -0.15) is 0 Å². The number of ether oxygens (including phenoxy) is 1. The third-order valence-corrected chi connectivity index (χ3v) is 2.68. The molecule has 8 nitrogen and oxygen atoms in total. The highest BCUT2D eigenvalue weighted by Crippen LogP contribution is 2.15. The van der Waals surface area contributed by atoms with Crippen molar-refractivity contribution in [3.63, 3.8) is 0 Å². The van der Waals surface area contributed by atoms with E-state index in [2.05, 4.69) is 25.3 Å². The molecule has 0 atom stereocenters. The van der Waals surface area contributed by atoms with Crippen LogP contribution < -0.4 is 11.1 Å².